The molecule has 0 unspecified atom stereocenters. The largest absolute Gasteiger partial charge is 0.276 e. The first-order valence-corrected chi connectivity index (χ1v) is 10.5. The Morgan fingerprint density at radius 1 is 0.862 bits per heavy atom. The van der Waals surface area contributed by atoms with Gasteiger partial charge in [0.2, 0.25) is 0 Å². The standard InChI is InChI=1S/C21H15ClFN3O2S/c22-17-11-9-15(10-12-17)21-14-20(16-5-4-6-18(23)13-16)24-26(21)25-29(27,28)19-7-2-1-3-8-19/h1-14,25H. The lowest BCUT2D eigenvalue weighted by atomic mass is 10.1. The van der Waals surface area contributed by atoms with Crippen molar-refractivity contribution in [3.63, 3.8) is 0 Å². The van der Waals surface area contributed by atoms with E-state index in [1.165, 1.54) is 29.1 Å². The van der Waals surface area contributed by atoms with E-state index in [1.54, 1.807) is 60.7 Å². The molecule has 1 heterocycles. The Balaban J connectivity index is 1.82. The maximum Gasteiger partial charge on any atom is 0.276 e. The molecule has 0 aliphatic rings. The Labute approximate surface area is 172 Å². The van der Waals surface area contributed by atoms with Gasteiger partial charge in [0.25, 0.3) is 10.0 Å². The Morgan fingerprint density at radius 2 is 1.59 bits per heavy atom. The number of halogens is 2. The summed E-state index contributed by atoms with van der Waals surface area (Å²) >= 11 is 5.97. The third-order valence-electron chi connectivity index (χ3n) is 4.23. The van der Waals surface area contributed by atoms with E-state index in [2.05, 4.69) is 9.93 Å². The van der Waals surface area contributed by atoms with Gasteiger partial charge < -0.3 is 0 Å². The number of hydrogen-bond acceptors (Lipinski definition) is 3. The molecule has 29 heavy (non-hydrogen) atoms. The van der Waals surface area contributed by atoms with Crippen molar-refractivity contribution in [2.45, 2.75) is 4.90 Å². The average Bonchev–Trinajstić information content (AvgIpc) is 3.12. The summed E-state index contributed by atoms with van der Waals surface area (Å²) < 4.78 is 39.2. The highest BCUT2D eigenvalue weighted by molar-refractivity contribution is 7.92. The van der Waals surface area contributed by atoms with Crippen molar-refractivity contribution in [3.05, 3.63) is 95.8 Å². The predicted molar refractivity (Wildman–Crippen MR) is 111 cm³/mol. The molecular formula is C21H15ClFN3O2S. The number of nitrogens with one attached hydrogen (secondary N) is 1. The van der Waals surface area contributed by atoms with Gasteiger partial charge in [0.1, 0.15) is 5.82 Å². The van der Waals surface area contributed by atoms with Crippen LogP contribution in [-0.2, 0) is 10.0 Å². The zero-order valence-electron chi connectivity index (χ0n) is 15.0. The van der Waals surface area contributed by atoms with Gasteiger partial charge in [0.05, 0.1) is 16.3 Å². The summed E-state index contributed by atoms with van der Waals surface area (Å²) in [6, 6.07) is 22.5. The second-order valence-electron chi connectivity index (χ2n) is 6.25. The van der Waals surface area contributed by atoms with Gasteiger partial charge in [-0.2, -0.15) is 23.1 Å². The molecule has 0 amide bonds. The van der Waals surface area contributed by atoms with Crippen LogP contribution in [-0.4, -0.2) is 18.3 Å². The molecule has 1 N–H and O–H groups in total. The van der Waals surface area contributed by atoms with Crippen LogP contribution in [0.5, 0.6) is 0 Å². The van der Waals surface area contributed by atoms with Crippen LogP contribution in [0.4, 0.5) is 4.39 Å². The summed E-state index contributed by atoms with van der Waals surface area (Å²) in [4.78, 5) is 3.75. The van der Waals surface area contributed by atoms with Gasteiger partial charge in [-0.05, 0) is 42.5 Å². The lowest BCUT2D eigenvalue weighted by Gasteiger charge is -2.11. The first kappa shape index (κ1) is 19.2. The molecule has 0 spiro atoms. The molecule has 3 aromatic carbocycles. The van der Waals surface area contributed by atoms with Gasteiger partial charge in [-0.1, -0.05) is 54.1 Å². The summed E-state index contributed by atoms with van der Waals surface area (Å²) in [7, 11) is -3.88. The van der Waals surface area contributed by atoms with E-state index in [0.29, 0.717) is 27.5 Å². The van der Waals surface area contributed by atoms with Crippen molar-refractivity contribution in [1.29, 1.82) is 0 Å². The van der Waals surface area contributed by atoms with Crippen molar-refractivity contribution in [1.82, 2.24) is 9.89 Å². The van der Waals surface area contributed by atoms with E-state index in [9.17, 15) is 12.8 Å². The summed E-state index contributed by atoms with van der Waals surface area (Å²) in [5, 5.41) is 4.91. The van der Waals surface area contributed by atoms with Crippen molar-refractivity contribution in [3.8, 4) is 22.5 Å². The molecule has 4 aromatic rings. The van der Waals surface area contributed by atoms with Gasteiger partial charge in [0.15, 0.2) is 0 Å². The first-order valence-electron chi connectivity index (χ1n) is 8.62. The van der Waals surface area contributed by atoms with E-state index >= 15 is 0 Å². The minimum atomic E-state index is -3.88. The monoisotopic (exact) mass is 427 g/mol. The third kappa shape index (κ3) is 4.16. The molecule has 0 saturated carbocycles. The summed E-state index contributed by atoms with van der Waals surface area (Å²) in [5.41, 5.74) is 2.13. The quantitative estimate of drug-likeness (QED) is 0.490. The Hall–Kier alpha value is -3.16. The molecule has 146 valence electrons. The smallest absolute Gasteiger partial charge is 0.207 e. The molecule has 0 fully saturated rings. The topological polar surface area (TPSA) is 64.0 Å². The fourth-order valence-corrected chi connectivity index (χ4v) is 3.95. The van der Waals surface area contributed by atoms with Crippen LogP contribution in [0.15, 0.2) is 89.8 Å². The second kappa shape index (κ2) is 7.69. The van der Waals surface area contributed by atoms with Crippen molar-refractivity contribution in [2.24, 2.45) is 0 Å². The maximum atomic E-state index is 13.7. The van der Waals surface area contributed by atoms with E-state index < -0.39 is 15.8 Å². The first-order chi connectivity index (χ1) is 13.9. The van der Waals surface area contributed by atoms with Gasteiger partial charge in [-0.3, -0.25) is 0 Å². The highest BCUT2D eigenvalue weighted by Crippen LogP contribution is 2.27. The van der Waals surface area contributed by atoms with E-state index in [1.807, 2.05) is 0 Å². The lowest BCUT2D eigenvalue weighted by molar-refractivity contribution is 0.592. The number of benzene rings is 3. The molecule has 5 nitrogen and oxygen atoms in total. The van der Waals surface area contributed by atoms with Crippen LogP contribution in [0.3, 0.4) is 0 Å². The van der Waals surface area contributed by atoms with E-state index in [4.69, 9.17) is 11.6 Å². The van der Waals surface area contributed by atoms with Crippen molar-refractivity contribution < 1.29 is 12.8 Å². The SMILES string of the molecule is O=S(=O)(Nn1nc(-c2cccc(F)c2)cc1-c1ccc(Cl)cc1)c1ccccc1. The number of hydrogen-bond donors (Lipinski definition) is 1. The van der Waals surface area contributed by atoms with E-state index in [0.717, 1.165) is 0 Å². The third-order valence-corrected chi connectivity index (χ3v) is 5.79. The normalized spacial score (nSPS) is 11.4. The van der Waals surface area contributed by atoms with Gasteiger partial charge in [-0.15, -0.1) is 0 Å². The second-order valence-corrected chi connectivity index (χ2v) is 8.35. The van der Waals surface area contributed by atoms with Crippen LogP contribution in [0, 0.1) is 5.82 Å². The van der Waals surface area contributed by atoms with Crippen LogP contribution < -0.4 is 4.83 Å². The van der Waals surface area contributed by atoms with Crippen LogP contribution in [0.1, 0.15) is 0 Å². The minimum absolute atomic E-state index is 0.102. The Morgan fingerprint density at radius 3 is 2.28 bits per heavy atom. The molecule has 0 atom stereocenters. The molecular weight excluding hydrogens is 413 g/mol. The van der Waals surface area contributed by atoms with Crippen molar-refractivity contribution in [2.75, 3.05) is 4.83 Å². The predicted octanol–water partition coefficient (Wildman–Crippen LogP) is 4.94. The summed E-state index contributed by atoms with van der Waals surface area (Å²) in [6.07, 6.45) is 0. The maximum absolute atomic E-state index is 13.7. The Bertz CT molecular complexity index is 1260. The molecule has 0 aliphatic carbocycles. The van der Waals surface area contributed by atoms with Crippen LogP contribution >= 0.6 is 11.6 Å². The highest BCUT2D eigenvalue weighted by Gasteiger charge is 2.19. The Kier molecular flexibility index (Phi) is 5.08. The fourth-order valence-electron chi connectivity index (χ4n) is 2.83. The van der Waals surface area contributed by atoms with Crippen LogP contribution in [0.2, 0.25) is 5.02 Å². The van der Waals surface area contributed by atoms with Gasteiger partial charge >= 0.3 is 0 Å². The van der Waals surface area contributed by atoms with Crippen molar-refractivity contribution >= 4 is 21.6 Å². The summed E-state index contributed by atoms with van der Waals surface area (Å²) in [5.74, 6) is -0.407. The molecule has 1 aromatic heterocycles. The summed E-state index contributed by atoms with van der Waals surface area (Å²) in [6.45, 7) is 0. The molecule has 8 heteroatoms. The molecule has 0 saturated heterocycles. The lowest BCUT2D eigenvalue weighted by Crippen LogP contribution is -2.25. The minimum Gasteiger partial charge on any atom is -0.207 e. The average molecular weight is 428 g/mol. The molecule has 0 radical (unpaired) electrons. The number of sulfonamides is 1. The van der Waals surface area contributed by atoms with Crippen LogP contribution in [0.25, 0.3) is 22.5 Å². The number of nitrogens with zero attached hydrogens (tertiary/aromatic N) is 2. The number of rotatable bonds is 5. The molecule has 0 bridgehead atoms. The van der Waals surface area contributed by atoms with Gasteiger partial charge in [-0.25, -0.2) is 4.39 Å². The molecule has 4 rings (SSSR count). The molecule has 0 aliphatic heterocycles. The fraction of sp³-hybridized carbons (Fsp3) is 0. The zero-order valence-corrected chi connectivity index (χ0v) is 16.5. The van der Waals surface area contributed by atoms with Gasteiger partial charge in [0, 0.05) is 16.1 Å². The van der Waals surface area contributed by atoms with E-state index in [-0.39, 0.29) is 4.90 Å². The highest BCUT2D eigenvalue weighted by atomic mass is 35.5. The number of aromatic nitrogens is 2. The zero-order chi connectivity index (χ0) is 20.4.